The molecule has 160 valence electrons. The van der Waals surface area contributed by atoms with Crippen LogP contribution in [0.25, 0.3) is 10.9 Å². The molecule has 0 spiro atoms. The van der Waals surface area contributed by atoms with Gasteiger partial charge < -0.3 is 0 Å². The molecule has 1 aliphatic carbocycles. The SMILES string of the molecule is CCc1nnc(Cn2c(=O)c3cc(S(=O)(=O)NC4(CF)CC4)ccc3n(C)c2=O)s1. The minimum Gasteiger partial charge on any atom is -0.296 e. The summed E-state index contributed by atoms with van der Waals surface area (Å²) >= 11 is 1.31. The zero-order valence-electron chi connectivity index (χ0n) is 16.4. The molecule has 3 aromatic rings. The number of halogens is 1. The second-order valence-electron chi connectivity index (χ2n) is 7.37. The average molecular weight is 454 g/mol. The molecule has 12 heteroatoms. The van der Waals surface area contributed by atoms with Crippen molar-refractivity contribution in [2.75, 3.05) is 6.67 Å². The van der Waals surface area contributed by atoms with Crippen LogP contribution in [0.15, 0.2) is 32.7 Å². The van der Waals surface area contributed by atoms with Crippen LogP contribution in [0.1, 0.15) is 29.8 Å². The first-order valence-corrected chi connectivity index (χ1v) is 11.6. The van der Waals surface area contributed by atoms with E-state index in [0.717, 1.165) is 9.57 Å². The van der Waals surface area contributed by atoms with E-state index in [0.29, 0.717) is 29.8 Å². The molecule has 9 nitrogen and oxygen atoms in total. The molecule has 0 atom stereocenters. The Balaban J connectivity index is 1.81. The fraction of sp³-hybridized carbons (Fsp3) is 0.444. The van der Waals surface area contributed by atoms with Crippen molar-refractivity contribution in [2.24, 2.45) is 7.05 Å². The lowest BCUT2D eigenvalue weighted by atomic mass is 10.2. The summed E-state index contributed by atoms with van der Waals surface area (Å²) in [7, 11) is -2.51. The van der Waals surface area contributed by atoms with Crippen molar-refractivity contribution in [3.8, 4) is 0 Å². The summed E-state index contributed by atoms with van der Waals surface area (Å²) in [5.74, 6) is 0. The number of benzene rings is 1. The summed E-state index contributed by atoms with van der Waals surface area (Å²) in [6.45, 7) is 1.08. The zero-order chi connectivity index (χ0) is 21.7. The van der Waals surface area contributed by atoms with Gasteiger partial charge in [0.1, 0.15) is 16.7 Å². The van der Waals surface area contributed by atoms with Gasteiger partial charge in [0.15, 0.2) is 0 Å². The smallest absolute Gasteiger partial charge is 0.296 e. The third kappa shape index (κ3) is 3.59. The van der Waals surface area contributed by atoms with Crippen LogP contribution in [0.2, 0.25) is 0 Å². The molecule has 30 heavy (non-hydrogen) atoms. The van der Waals surface area contributed by atoms with E-state index in [4.69, 9.17) is 0 Å². The molecular weight excluding hydrogens is 433 g/mol. The number of nitrogens with one attached hydrogen (secondary N) is 1. The van der Waals surface area contributed by atoms with Crippen molar-refractivity contribution in [1.82, 2.24) is 24.1 Å². The molecule has 0 saturated heterocycles. The van der Waals surface area contributed by atoms with E-state index in [1.54, 1.807) is 0 Å². The maximum atomic E-state index is 13.2. The first kappa shape index (κ1) is 20.8. The van der Waals surface area contributed by atoms with Crippen molar-refractivity contribution >= 4 is 32.3 Å². The van der Waals surface area contributed by atoms with Crippen LogP contribution in [0.5, 0.6) is 0 Å². The summed E-state index contributed by atoms with van der Waals surface area (Å²) in [4.78, 5) is 25.6. The van der Waals surface area contributed by atoms with E-state index < -0.39 is 33.5 Å². The summed E-state index contributed by atoms with van der Waals surface area (Å²) in [5, 5.41) is 9.37. The highest BCUT2D eigenvalue weighted by Gasteiger charge is 2.46. The average Bonchev–Trinajstić information content (AvgIpc) is 3.34. The lowest BCUT2D eigenvalue weighted by molar-refractivity contribution is 0.393. The Morgan fingerprint density at radius 1 is 1.23 bits per heavy atom. The largest absolute Gasteiger partial charge is 0.331 e. The van der Waals surface area contributed by atoms with Gasteiger partial charge in [0, 0.05) is 7.05 Å². The third-order valence-corrected chi connectivity index (χ3v) is 7.83. The lowest BCUT2D eigenvalue weighted by Gasteiger charge is -2.15. The van der Waals surface area contributed by atoms with Crippen molar-refractivity contribution in [1.29, 1.82) is 0 Å². The highest BCUT2D eigenvalue weighted by molar-refractivity contribution is 7.89. The van der Waals surface area contributed by atoms with Crippen molar-refractivity contribution < 1.29 is 12.8 Å². The number of hydrogen-bond acceptors (Lipinski definition) is 7. The quantitative estimate of drug-likeness (QED) is 0.569. The summed E-state index contributed by atoms with van der Waals surface area (Å²) in [6.07, 6.45) is 1.55. The van der Waals surface area contributed by atoms with Gasteiger partial charge in [0.25, 0.3) is 5.56 Å². The Hall–Kier alpha value is -2.44. The zero-order valence-corrected chi connectivity index (χ0v) is 18.0. The molecule has 0 amide bonds. The molecule has 1 saturated carbocycles. The number of alkyl halides is 1. The number of fused-ring (bicyclic) bond motifs is 1. The molecule has 0 bridgehead atoms. The predicted molar refractivity (Wildman–Crippen MR) is 110 cm³/mol. The fourth-order valence-corrected chi connectivity index (χ4v) is 5.43. The number of hydrogen-bond donors (Lipinski definition) is 1. The number of nitrogens with zero attached hydrogens (tertiary/aromatic N) is 4. The Morgan fingerprint density at radius 3 is 2.53 bits per heavy atom. The molecule has 1 fully saturated rings. The highest BCUT2D eigenvalue weighted by atomic mass is 32.2. The van der Waals surface area contributed by atoms with Crippen LogP contribution in [-0.4, -0.2) is 40.0 Å². The summed E-state index contributed by atoms with van der Waals surface area (Å²) in [6, 6.07) is 3.94. The molecule has 1 aromatic carbocycles. The van der Waals surface area contributed by atoms with Gasteiger partial charge in [-0.05, 0) is 37.5 Å². The fourth-order valence-electron chi connectivity index (χ4n) is 3.19. The van der Waals surface area contributed by atoms with Gasteiger partial charge in [-0.25, -0.2) is 22.3 Å². The van der Waals surface area contributed by atoms with E-state index in [9.17, 15) is 22.4 Å². The second kappa shape index (κ2) is 7.36. The van der Waals surface area contributed by atoms with Crippen LogP contribution in [-0.2, 0) is 30.0 Å². The predicted octanol–water partition coefficient (Wildman–Crippen LogP) is 0.943. The maximum Gasteiger partial charge on any atom is 0.331 e. The Labute approximate surface area is 175 Å². The van der Waals surface area contributed by atoms with Crippen molar-refractivity contribution in [2.45, 2.75) is 43.2 Å². The van der Waals surface area contributed by atoms with Gasteiger partial charge in [-0.3, -0.25) is 13.9 Å². The number of aryl methyl sites for hydroxylation is 2. The van der Waals surface area contributed by atoms with Gasteiger partial charge in [-0.15, -0.1) is 10.2 Å². The minimum absolute atomic E-state index is 0.0562. The standard InChI is InChI=1S/C18H20FN5O4S2/c1-3-14-20-21-15(29-14)9-24-16(25)12-8-11(4-5-13(12)23(2)17(24)26)30(27,28)22-18(10-19)6-7-18/h4-5,8,22H,3,6-7,9-10H2,1-2H3. The molecule has 1 aliphatic rings. The van der Waals surface area contributed by atoms with Gasteiger partial charge in [-0.1, -0.05) is 18.3 Å². The van der Waals surface area contributed by atoms with E-state index in [-0.39, 0.29) is 16.8 Å². The summed E-state index contributed by atoms with van der Waals surface area (Å²) < 4.78 is 43.2. The summed E-state index contributed by atoms with van der Waals surface area (Å²) in [5.41, 5.74) is -1.90. The molecule has 1 N–H and O–H groups in total. The minimum atomic E-state index is -4.02. The molecule has 2 aromatic heterocycles. The molecule has 2 heterocycles. The molecule has 0 radical (unpaired) electrons. The maximum absolute atomic E-state index is 13.2. The van der Waals surface area contributed by atoms with E-state index in [2.05, 4.69) is 14.9 Å². The highest BCUT2D eigenvalue weighted by Crippen LogP contribution is 2.37. The van der Waals surface area contributed by atoms with Crippen LogP contribution in [0, 0.1) is 0 Å². The molecule has 4 rings (SSSR count). The Bertz CT molecular complexity index is 1360. The Kier molecular flexibility index (Phi) is 5.11. The van der Waals surface area contributed by atoms with Gasteiger partial charge >= 0.3 is 5.69 Å². The van der Waals surface area contributed by atoms with E-state index >= 15 is 0 Å². The van der Waals surface area contributed by atoms with Crippen molar-refractivity contribution in [3.05, 3.63) is 49.1 Å². The van der Waals surface area contributed by atoms with E-state index in [1.165, 1.54) is 41.2 Å². The van der Waals surface area contributed by atoms with Crippen molar-refractivity contribution in [3.63, 3.8) is 0 Å². The van der Waals surface area contributed by atoms with Crippen LogP contribution in [0.3, 0.4) is 0 Å². The lowest BCUT2D eigenvalue weighted by Crippen LogP contribution is -2.40. The van der Waals surface area contributed by atoms with Crippen LogP contribution >= 0.6 is 11.3 Å². The molecule has 0 unspecified atom stereocenters. The van der Waals surface area contributed by atoms with Gasteiger partial charge in [0.2, 0.25) is 10.0 Å². The number of sulfonamides is 1. The Morgan fingerprint density at radius 2 is 1.93 bits per heavy atom. The number of aromatic nitrogens is 4. The third-order valence-electron chi connectivity index (χ3n) is 5.20. The van der Waals surface area contributed by atoms with E-state index in [1.807, 2.05) is 6.92 Å². The normalized spacial score (nSPS) is 15.6. The molecule has 0 aliphatic heterocycles. The molecular formula is C18H20FN5O4S2. The monoisotopic (exact) mass is 453 g/mol. The second-order valence-corrected chi connectivity index (χ2v) is 10.2. The first-order chi connectivity index (χ1) is 14.2. The number of rotatable bonds is 7. The van der Waals surface area contributed by atoms with Gasteiger partial charge in [-0.2, -0.15) is 0 Å². The topological polar surface area (TPSA) is 116 Å². The van der Waals surface area contributed by atoms with Crippen LogP contribution < -0.4 is 16.0 Å². The van der Waals surface area contributed by atoms with Gasteiger partial charge in [0.05, 0.1) is 27.9 Å². The van der Waals surface area contributed by atoms with Crippen LogP contribution in [0.4, 0.5) is 4.39 Å². The first-order valence-electron chi connectivity index (χ1n) is 9.34.